The molecule has 2 aromatic heterocycles. The lowest BCUT2D eigenvalue weighted by molar-refractivity contribution is -0.113. The number of para-hydroxylation sites is 1. The van der Waals surface area contributed by atoms with Crippen LogP contribution in [0.25, 0.3) is 21.3 Å². The van der Waals surface area contributed by atoms with Crippen molar-refractivity contribution < 1.29 is 9.53 Å². The molecule has 0 atom stereocenters. The fourth-order valence-electron chi connectivity index (χ4n) is 3.98. The molecule has 0 aliphatic rings. The fraction of sp³-hybridized carbons (Fsp3) is 0.296. The van der Waals surface area contributed by atoms with Gasteiger partial charge < -0.3 is 10.1 Å². The van der Waals surface area contributed by atoms with Gasteiger partial charge in [0, 0.05) is 47.0 Å². The highest BCUT2D eigenvalue weighted by Gasteiger charge is 2.19. The molecule has 6 nitrogen and oxygen atoms in total. The minimum atomic E-state index is -0.143. The van der Waals surface area contributed by atoms with Crippen LogP contribution in [0.15, 0.2) is 57.8 Å². The Morgan fingerprint density at radius 2 is 1.89 bits per heavy atom. The zero-order chi connectivity index (χ0) is 25.7. The van der Waals surface area contributed by atoms with E-state index in [0.717, 1.165) is 27.9 Å². The number of fused-ring (bicyclic) bond motifs is 1. The maximum absolute atomic E-state index is 13.7. The van der Waals surface area contributed by atoms with Gasteiger partial charge in [0.2, 0.25) is 5.91 Å². The number of rotatable bonds is 10. The first kappa shape index (κ1) is 26.4. The highest BCUT2D eigenvalue weighted by atomic mass is 35.5. The number of carbonyl (C=O) groups is 1. The number of aryl methyl sites for hydroxylation is 2. The molecule has 0 saturated heterocycles. The zero-order valence-electron chi connectivity index (χ0n) is 20.5. The molecule has 2 aromatic carbocycles. The number of benzene rings is 2. The van der Waals surface area contributed by atoms with Crippen molar-refractivity contribution in [1.82, 2.24) is 9.55 Å². The number of thioether (sulfide) groups is 1. The number of hydrogen-bond acceptors (Lipinski definition) is 6. The van der Waals surface area contributed by atoms with Crippen LogP contribution < -0.4 is 10.9 Å². The Kier molecular flexibility index (Phi) is 8.85. The predicted molar refractivity (Wildman–Crippen MR) is 151 cm³/mol. The minimum absolute atomic E-state index is 0.134. The van der Waals surface area contributed by atoms with Gasteiger partial charge in [0.15, 0.2) is 5.16 Å². The standard InChI is InChI=1S/C27H28ClN3O3S2/c1-4-34-14-8-13-31-26(33)23-20(19-11-5-6-12-21(19)28)15-35-25(23)30-27(31)36-16-22(32)29-24-17(2)9-7-10-18(24)3/h5-7,9-12,15H,4,8,13-14,16H2,1-3H3,(H,29,32). The topological polar surface area (TPSA) is 73.2 Å². The van der Waals surface area contributed by atoms with Gasteiger partial charge in [-0.1, -0.05) is 59.8 Å². The van der Waals surface area contributed by atoms with Crippen LogP contribution in [0.3, 0.4) is 0 Å². The SMILES string of the molecule is CCOCCCn1c(SCC(=O)Nc2c(C)cccc2C)nc2scc(-c3ccccc3Cl)c2c1=O. The molecule has 0 spiro atoms. The lowest BCUT2D eigenvalue weighted by atomic mass is 10.1. The molecule has 188 valence electrons. The van der Waals surface area contributed by atoms with Crippen molar-refractivity contribution in [1.29, 1.82) is 0 Å². The van der Waals surface area contributed by atoms with Crippen molar-refractivity contribution in [2.45, 2.75) is 38.9 Å². The molecule has 9 heteroatoms. The van der Waals surface area contributed by atoms with E-state index in [4.69, 9.17) is 21.3 Å². The minimum Gasteiger partial charge on any atom is -0.382 e. The van der Waals surface area contributed by atoms with Gasteiger partial charge in [0.1, 0.15) is 4.83 Å². The summed E-state index contributed by atoms with van der Waals surface area (Å²) < 4.78 is 7.14. The number of halogens is 1. The van der Waals surface area contributed by atoms with Crippen LogP contribution in [0.5, 0.6) is 0 Å². The Labute approximate surface area is 223 Å². The van der Waals surface area contributed by atoms with E-state index in [-0.39, 0.29) is 17.2 Å². The third kappa shape index (κ3) is 5.83. The van der Waals surface area contributed by atoms with Crippen molar-refractivity contribution in [3.8, 4) is 11.1 Å². The maximum atomic E-state index is 13.7. The molecule has 36 heavy (non-hydrogen) atoms. The first-order chi connectivity index (χ1) is 17.4. The number of nitrogens with one attached hydrogen (secondary N) is 1. The average Bonchev–Trinajstić information content (AvgIpc) is 3.28. The first-order valence-corrected chi connectivity index (χ1v) is 14.0. The molecule has 0 aliphatic carbocycles. The Morgan fingerprint density at radius 3 is 2.61 bits per heavy atom. The van der Waals surface area contributed by atoms with E-state index < -0.39 is 0 Å². The van der Waals surface area contributed by atoms with Gasteiger partial charge in [-0.15, -0.1) is 11.3 Å². The molecule has 2 heterocycles. The van der Waals surface area contributed by atoms with E-state index in [2.05, 4.69) is 5.32 Å². The van der Waals surface area contributed by atoms with Crippen LogP contribution in [-0.2, 0) is 16.1 Å². The number of aromatic nitrogens is 2. The molecular weight excluding hydrogens is 514 g/mol. The number of anilines is 1. The van der Waals surface area contributed by atoms with Gasteiger partial charge >= 0.3 is 0 Å². The quantitative estimate of drug-likeness (QED) is 0.140. The fourth-order valence-corrected chi connectivity index (χ4v) is 6.02. The average molecular weight is 542 g/mol. The number of carbonyl (C=O) groups excluding carboxylic acids is 1. The number of nitrogens with zero attached hydrogens (tertiary/aromatic N) is 2. The third-order valence-electron chi connectivity index (χ3n) is 5.78. The zero-order valence-corrected chi connectivity index (χ0v) is 22.9. The predicted octanol–water partition coefficient (Wildman–Crippen LogP) is 6.55. The van der Waals surface area contributed by atoms with Crippen LogP contribution in [0.1, 0.15) is 24.5 Å². The Morgan fingerprint density at radius 1 is 1.14 bits per heavy atom. The van der Waals surface area contributed by atoms with Gasteiger partial charge in [-0.05, 0) is 44.4 Å². The summed E-state index contributed by atoms with van der Waals surface area (Å²) in [6.07, 6.45) is 0.661. The second-order valence-electron chi connectivity index (χ2n) is 8.31. The lowest BCUT2D eigenvalue weighted by Crippen LogP contribution is -2.25. The molecule has 0 bridgehead atoms. The summed E-state index contributed by atoms with van der Waals surface area (Å²) >= 11 is 9.11. The molecule has 4 aromatic rings. The van der Waals surface area contributed by atoms with Gasteiger partial charge in [0.25, 0.3) is 5.56 Å². The van der Waals surface area contributed by atoms with Crippen LogP contribution in [-0.4, -0.2) is 34.4 Å². The summed E-state index contributed by atoms with van der Waals surface area (Å²) in [5.41, 5.74) is 4.28. The molecule has 4 rings (SSSR count). The van der Waals surface area contributed by atoms with Crippen molar-refractivity contribution in [3.05, 3.63) is 74.3 Å². The molecule has 0 radical (unpaired) electrons. The van der Waals surface area contributed by atoms with Crippen LogP contribution in [0.2, 0.25) is 5.02 Å². The summed E-state index contributed by atoms with van der Waals surface area (Å²) in [4.78, 5) is 32.0. The van der Waals surface area contributed by atoms with E-state index in [0.29, 0.717) is 46.6 Å². The van der Waals surface area contributed by atoms with Gasteiger partial charge in [-0.3, -0.25) is 14.2 Å². The summed E-state index contributed by atoms with van der Waals surface area (Å²) in [6, 6.07) is 13.4. The molecule has 1 amide bonds. The Hall–Kier alpha value is -2.65. The van der Waals surface area contributed by atoms with Crippen molar-refractivity contribution in [2.24, 2.45) is 0 Å². The number of amides is 1. The molecular formula is C27H28ClN3O3S2. The number of ether oxygens (including phenoxy) is 1. The van der Waals surface area contributed by atoms with Crippen molar-refractivity contribution in [3.63, 3.8) is 0 Å². The van der Waals surface area contributed by atoms with E-state index >= 15 is 0 Å². The second kappa shape index (κ2) is 12.1. The number of hydrogen-bond donors (Lipinski definition) is 1. The smallest absolute Gasteiger partial charge is 0.263 e. The normalized spacial score (nSPS) is 11.2. The molecule has 0 fully saturated rings. The van der Waals surface area contributed by atoms with E-state index in [1.165, 1.54) is 23.1 Å². The summed E-state index contributed by atoms with van der Waals surface area (Å²) in [7, 11) is 0. The van der Waals surface area contributed by atoms with Crippen molar-refractivity contribution >= 4 is 56.5 Å². The van der Waals surface area contributed by atoms with Gasteiger partial charge in [-0.25, -0.2) is 4.98 Å². The molecule has 0 aliphatic heterocycles. The van der Waals surface area contributed by atoms with E-state index in [1.54, 1.807) is 4.57 Å². The van der Waals surface area contributed by atoms with Gasteiger partial charge in [0.05, 0.1) is 11.1 Å². The van der Waals surface area contributed by atoms with E-state index in [1.807, 2.05) is 68.6 Å². The molecule has 0 saturated carbocycles. The molecule has 1 N–H and O–H groups in total. The van der Waals surface area contributed by atoms with Crippen LogP contribution >= 0.6 is 34.7 Å². The highest BCUT2D eigenvalue weighted by molar-refractivity contribution is 7.99. The lowest BCUT2D eigenvalue weighted by Gasteiger charge is -2.14. The molecule has 0 unspecified atom stereocenters. The summed E-state index contributed by atoms with van der Waals surface area (Å²) in [5, 5.41) is 6.58. The summed E-state index contributed by atoms with van der Waals surface area (Å²) in [6.45, 7) is 7.48. The summed E-state index contributed by atoms with van der Waals surface area (Å²) in [5.74, 6) is -0.00419. The third-order valence-corrected chi connectivity index (χ3v) is 7.95. The van der Waals surface area contributed by atoms with Crippen LogP contribution in [0, 0.1) is 13.8 Å². The largest absolute Gasteiger partial charge is 0.382 e. The van der Waals surface area contributed by atoms with Crippen molar-refractivity contribution in [2.75, 3.05) is 24.3 Å². The Bertz CT molecular complexity index is 1430. The monoisotopic (exact) mass is 541 g/mol. The highest BCUT2D eigenvalue weighted by Crippen LogP contribution is 2.36. The Balaban J connectivity index is 1.65. The number of thiophene rings is 1. The first-order valence-electron chi connectivity index (χ1n) is 11.7. The van der Waals surface area contributed by atoms with E-state index in [9.17, 15) is 9.59 Å². The second-order valence-corrected chi connectivity index (χ2v) is 10.5. The maximum Gasteiger partial charge on any atom is 0.263 e. The van der Waals surface area contributed by atoms with Crippen LogP contribution in [0.4, 0.5) is 5.69 Å². The van der Waals surface area contributed by atoms with Gasteiger partial charge in [-0.2, -0.15) is 0 Å².